The van der Waals surface area contributed by atoms with E-state index in [0.717, 1.165) is 16.7 Å². The van der Waals surface area contributed by atoms with Crippen molar-refractivity contribution in [2.45, 2.75) is 19.8 Å². The Bertz CT molecular complexity index is 692. The van der Waals surface area contributed by atoms with Crippen molar-refractivity contribution in [3.63, 3.8) is 0 Å². The van der Waals surface area contributed by atoms with E-state index in [9.17, 15) is 9.46 Å². The predicted molar refractivity (Wildman–Crippen MR) is 76.1 cm³/mol. The van der Waals surface area contributed by atoms with Gasteiger partial charge in [0, 0.05) is 11.1 Å². The van der Waals surface area contributed by atoms with E-state index in [2.05, 4.69) is 13.8 Å². The average molecular weight is 274 g/mol. The van der Waals surface area contributed by atoms with Crippen molar-refractivity contribution < 1.29 is 14.0 Å². The normalized spacial score (nSPS) is 20.6. The van der Waals surface area contributed by atoms with Gasteiger partial charge in [-0.25, -0.2) is 4.57 Å². The lowest BCUT2D eigenvalue weighted by Crippen LogP contribution is -2.17. The van der Waals surface area contributed by atoms with Gasteiger partial charge in [0.25, 0.3) is 0 Å². The molecule has 0 aromatic heterocycles. The van der Waals surface area contributed by atoms with Gasteiger partial charge in [0.05, 0.1) is 5.30 Å². The molecule has 3 rings (SSSR count). The third-order valence-corrected chi connectivity index (χ3v) is 4.84. The smallest absolute Gasteiger partial charge is 0.408 e. The van der Waals surface area contributed by atoms with Crippen molar-refractivity contribution in [2.75, 3.05) is 0 Å². The summed E-state index contributed by atoms with van der Waals surface area (Å²) >= 11 is 0. The van der Waals surface area contributed by atoms with E-state index in [1.165, 1.54) is 0 Å². The summed E-state index contributed by atoms with van der Waals surface area (Å²) < 4.78 is 17.6. The maximum atomic E-state index is 12.2. The Morgan fingerprint density at radius 2 is 1.84 bits per heavy atom. The van der Waals surface area contributed by atoms with Gasteiger partial charge in [-0.3, -0.25) is 0 Å². The highest BCUT2D eigenvalue weighted by Gasteiger charge is 2.34. The SMILES string of the molecule is CC(C)c1ccc2c(c1)OP(=O)(O)c1ccccc1-2. The second-order valence-corrected chi connectivity index (χ2v) is 6.74. The van der Waals surface area contributed by atoms with Crippen LogP contribution in [0.2, 0.25) is 0 Å². The van der Waals surface area contributed by atoms with Crippen molar-refractivity contribution >= 4 is 12.9 Å². The Hall–Kier alpha value is -1.57. The first-order chi connectivity index (χ1) is 8.99. The van der Waals surface area contributed by atoms with Gasteiger partial charge in [-0.1, -0.05) is 44.2 Å². The molecule has 4 heteroatoms. The van der Waals surface area contributed by atoms with Gasteiger partial charge < -0.3 is 9.42 Å². The number of fused-ring (bicyclic) bond motifs is 3. The van der Waals surface area contributed by atoms with Crippen molar-refractivity contribution in [1.29, 1.82) is 0 Å². The molecule has 0 bridgehead atoms. The van der Waals surface area contributed by atoms with Gasteiger partial charge in [-0.15, -0.1) is 0 Å². The molecular weight excluding hydrogens is 259 g/mol. The fourth-order valence-corrected chi connectivity index (χ4v) is 3.62. The molecule has 2 aromatic carbocycles. The molecular formula is C15H15O3P. The van der Waals surface area contributed by atoms with Crippen LogP contribution in [0.4, 0.5) is 0 Å². The first-order valence-corrected chi connectivity index (χ1v) is 7.83. The van der Waals surface area contributed by atoms with Gasteiger partial charge in [0.15, 0.2) is 0 Å². The van der Waals surface area contributed by atoms with Crippen LogP contribution in [-0.4, -0.2) is 4.89 Å². The fraction of sp³-hybridized carbons (Fsp3) is 0.200. The molecule has 0 spiro atoms. The molecule has 98 valence electrons. The molecule has 0 saturated heterocycles. The lowest BCUT2D eigenvalue weighted by Gasteiger charge is -2.25. The summed E-state index contributed by atoms with van der Waals surface area (Å²) in [5.41, 5.74) is 2.75. The highest BCUT2D eigenvalue weighted by atomic mass is 31.2. The molecule has 0 radical (unpaired) electrons. The molecule has 1 heterocycles. The summed E-state index contributed by atoms with van der Waals surface area (Å²) in [7, 11) is -3.76. The van der Waals surface area contributed by atoms with Crippen LogP contribution in [0.5, 0.6) is 5.75 Å². The van der Waals surface area contributed by atoms with Gasteiger partial charge in [0.1, 0.15) is 5.75 Å². The van der Waals surface area contributed by atoms with Crippen LogP contribution < -0.4 is 9.83 Å². The van der Waals surface area contributed by atoms with Gasteiger partial charge >= 0.3 is 7.60 Å². The molecule has 1 aliphatic rings. The van der Waals surface area contributed by atoms with Crippen LogP contribution in [0.25, 0.3) is 11.1 Å². The molecule has 1 N–H and O–H groups in total. The highest BCUT2D eigenvalue weighted by molar-refractivity contribution is 7.62. The zero-order valence-electron chi connectivity index (χ0n) is 10.8. The van der Waals surface area contributed by atoms with Crippen molar-refractivity contribution in [1.82, 2.24) is 0 Å². The number of rotatable bonds is 1. The van der Waals surface area contributed by atoms with Crippen LogP contribution >= 0.6 is 7.60 Å². The van der Waals surface area contributed by atoms with Gasteiger partial charge in [0.2, 0.25) is 0 Å². The molecule has 0 amide bonds. The zero-order chi connectivity index (χ0) is 13.6. The lowest BCUT2D eigenvalue weighted by atomic mass is 9.97. The van der Waals surface area contributed by atoms with Gasteiger partial charge in [-0.05, 0) is 23.6 Å². The standard InChI is InChI=1S/C15H15O3P/c1-10(2)11-7-8-12-13-5-3-4-6-15(13)19(16,17)18-14(12)9-11/h3-10H,1-2H3,(H,16,17). The van der Waals surface area contributed by atoms with Crippen molar-refractivity contribution in [3.05, 3.63) is 48.0 Å². The maximum absolute atomic E-state index is 12.2. The Morgan fingerprint density at radius 3 is 2.58 bits per heavy atom. The van der Waals surface area contributed by atoms with Crippen LogP contribution in [0.1, 0.15) is 25.3 Å². The molecule has 1 unspecified atom stereocenters. The summed E-state index contributed by atoms with van der Waals surface area (Å²) in [6.45, 7) is 4.16. The summed E-state index contributed by atoms with van der Waals surface area (Å²) in [5.74, 6) is 0.847. The number of hydrogen-bond donors (Lipinski definition) is 1. The average Bonchev–Trinajstić information content (AvgIpc) is 2.37. The fourth-order valence-electron chi connectivity index (χ4n) is 2.33. The van der Waals surface area contributed by atoms with E-state index >= 15 is 0 Å². The third kappa shape index (κ3) is 1.99. The molecule has 0 aliphatic carbocycles. The van der Waals surface area contributed by atoms with Crippen LogP contribution in [0, 0.1) is 0 Å². The van der Waals surface area contributed by atoms with Gasteiger partial charge in [-0.2, -0.15) is 0 Å². The Labute approximate surface area is 112 Å². The van der Waals surface area contributed by atoms with Crippen molar-refractivity contribution in [2.24, 2.45) is 0 Å². The number of benzene rings is 2. The third-order valence-electron chi connectivity index (χ3n) is 3.39. The molecule has 1 atom stereocenters. The molecule has 3 nitrogen and oxygen atoms in total. The Kier molecular flexibility index (Phi) is 2.77. The molecule has 2 aromatic rings. The van der Waals surface area contributed by atoms with E-state index < -0.39 is 7.60 Å². The van der Waals surface area contributed by atoms with Crippen LogP contribution in [0.3, 0.4) is 0 Å². The predicted octanol–water partition coefficient (Wildman–Crippen LogP) is 3.68. The molecule has 1 aliphatic heterocycles. The van der Waals surface area contributed by atoms with E-state index in [1.807, 2.05) is 30.3 Å². The zero-order valence-corrected chi connectivity index (χ0v) is 11.7. The van der Waals surface area contributed by atoms with E-state index in [0.29, 0.717) is 17.0 Å². The summed E-state index contributed by atoms with van der Waals surface area (Å²) in [4.78, 5) is 10.0. The van der Waals surface area contributed by atoms with Crippen LogP contribution in [-0.2, 0) is 4.57 Å². The maximum Gasteiger partial charge on any atom is 0.408 e. The first kappa shape index (κ1) is 12.5. The largest absolute Gasteiger partial charge is 0.421 e. The molecule has 19 heavy (non-hydrogen) atoms. The minimum Gasteiger partial charge on any atom is -0.421 e. The summed E-state index contributed by atoms with van der Waals surface area (Å²) in [6, 6.07) is 13.0. The second-order valence-electron chi connectivity index (χ2n) is 5.04. The molecule has 0 saturated carbocycles. The van der Waals surface area contributed by atoms with E-state index in [-0.39, 0.29) is 0 Å². The number of hydrogen-bond acceptors (Lipinski definition) is 2. The Balaban J connectivity index is 2.26. The first-order valence-electron chi connectivity index (χ1n) is 6.25. The minimum absolute atomic E-state index is 0.351. The summed E-state index contributed by atoms with van der Waals surface area (Å²) in [5, 5.41) is 0.375. The van der Waals surface area contributed by atoms with E-state index in [4.69, 9.17) is 4.52 Å². The lowest BCUT2D eigenvalue weighted by molar-refractivity contribution is 0.392. The monoisotopic (exact) mass is 274 g/mol. The summed E-state index contributed by atoms with van der Waals surface area (Å²) in [6.07, 6.45) is 0. The quantitative estimate of drug-likeness (QED) is 0.807. The topological polar surface area (TPSA) is 46.5 Å². The van der Waals surface area contributed by atoms with Crippen LogP contribution in [0.15, 0.2) is 42.5 Å². The molecule has 0 fully saturated rings. The Morgan fingerprint density at radius 1 is 1.11 bits per heavy atom. The second kappa shape index (κ2) is 4.22. The van der Waals surface area contributed by atoms with E-state index in [1.54, 1.807) is 12.1 Å². The minimum atomic E-state index is -3.76. The van der Waals surface area contributed by atoms with Crippen molar-refractivity contribution in [3.8, 4) is 16.9 Å². The highest BCUT2D eigenvalue weighted by Crippen LogP contribution is 2.51.